The molecule has 0 bridgehead atoms. The summed E-state index contributed by atoms with van der Waals surface area (Å²) in [6, 6.07) is 29.8. The minimum atomic E-state index is -0.883. The Kier molecular flexibility index (Phi) is 9.64. The SMILES string of the molecule is C=CC[C@H]1O[C@H](COCc2ccccc2)[C@@H](OCc2ccccc2)[C@H](O)[C@@H]1OCc1ccccc1. The lowest BCUT2D eigenvalue weighted by molar-refractivity contribution is -0.259. The van der Waals surface area contributed by atoms with Crippen LogP contribution in [-0.4, -0.2) is 42.2 Å². The molecule has 3 aromatic carbocycles. The molecule has 0 aromatic heterocycles. The van der Waals surface area contributed by atoms with E-state index in [1.165, 1.54) is 0 Å². The Morgan fingerprint density at radius 2 is 1.14 bits per heavy atom. The van der Waals surface area contributed by atoms with Crippen LogP contribution in [0.1, 0.15) is 23.1 Å². The number of aliphatic hydroxyl groups excluding tert-OH is 1. The van der Waals surface area contributed by atoms with Gasteiger partial charge < -0.3 is 24.1 Å². The van der Waals surface area contributed by atoms with Crippen molar-refractivity contribution in [3.8, 4) is 0 Å². The van der Waals surface area contributed by atoms with E-state index in [0.29, 0.717) is 32.8 Å². The zero-order valence-corrected chi connectivity index (χ0v) is 19.9. The van der Waals surface area contributed by atoms with E-state index in [2.05, 4.69) is 6.58 Å². The van der Waals surface area contributed by atoms with Gasteiger partial charge in [0.1, 0.15) is 24.4 Å². The number of ether oxygens (including phenoxy) is 4. The van der Waals surface area contributed by atoms with Gasteiger partial charge in [-0.2, -0.15) is 0 Å². The van der Waals surface area contributed by atoms with Gasteiger partial charge in [-0.1, -0.05) is 97.1 Å². The molecule has 0 aliphatic carbocycles. The fourth-order valence-electron chi connectivity index (χ4n) is 4.31. The molecule has 0 saturated carbocycles. The first-order chi connectivity index (χ1) is 17.2. The molecule has 0 amide bonds. The van der Waals surface area contributed by atoms with E-state index in [-0.39, 0.29) is 6.10 Å². The highest BCUT2D eigenvalue weighted by Gasteiger charge is 2.46. The van der Waals surface area contributed by atoms with Crippen LogP contribution in [0, 0.1) is 0 Å². The summed E-state index contributed by atoms with van der Waals surface area (Å²) in [6.45, 7) is 5.37. The summed E-state index contributed by atoms with van der Waals surface area (Å²) in [5.41, 5.74) is 3.14. The van der Waals surface area contributed by atoms with Crippen LogP contribution < -0.4 is 0 Å². The van der Waals surface area contributed by atoms with Gasteiger partial charge in [0.05, 0.1) is 32.5 Å². The molecule has 5 nitrogen and oxygen atoms in total. The fraction of sp³-hybridized carbons (Fsp3) is 0.333. The highest BCUT2D eigenvalue weighted by molar-refractivity contribution is 5.15. The van der Waals surface area contributed by atoms with Crippen LogP contribution in [0.5, 0.6) is 0 Å². The number of benzene rings is 3. The van der Waals surface area contributed by atoms with E-state index in [1.807, 2.05) is 91.0 Å². The first-order valence-electron chi connectivity index (χ1n) is 12.1. The second-order valence-electron chi connectivity index (χ2n) is 8.75. The van der Waals surface area contributed by atoms with Gasteiger partial charge in [0.2, 0.25) is 0 Å². The molecule has 1 fully saturated rings. The molecule has 1 saturated heterocycles. The summed E-state index contributed by atoms with van der Waals surface area (Å²) < 4.78 is 24.9. The predicted molar refractivity (Wildman–Crippen MR) is 136 cm³/mol. The van der Waals surface area contributed by atoms with E-state index >= 15 is 0 Å². The van der Waals surface area contributed by atoms with Gasteiger partial charge in [-0.3, -0.25) is 0 Å². The molecule has 5 atom stereocenters. The maximum Gasteiger partial charge on any atom is 0.115 e. The molecule has 1 N–H and O–H groups in total. The van der Waals surface area contributed by atoms with Gasteiger partial charge in [-0.15, -0.1) is 6.58 Å². The van der Waals surface area contributed by atoms with Crippen LogP contribution in [0.25, 0.3) is 0 Å². The summed E-state index contributed by atoms with van der Waals surface area (Å²) in [5.74, 6) is 0. The van der Waals surface area contributed by atoms with Gasteiger partial charge in [0.25, 0.3) is 0 Å². The standard InChI is InChI=1S/C30H34O5/c1-2-12-26-29(33-20-24-15-8-4-9-16-24)28(31)30(34-21-25-17-10-5-11-18-25)27(35-26)22-32-19-23-13-6-3-7-14-23/h2-11,13-18,26-31H,1,12,19-22H2/t26-,27-,28-,29-,30-/m1/s1. The summed E-state index contributed by atoms with van der Waals surface area (Å²) >= 11 is 0. The molecule has 0 radical (unpaired) electrons. The van der Waals surface area contributed by atoms with Crippen LogP contribution in [0.15, 0.2) is 104 Å². The molecule has 35 heavy (non-hydrogen) atoms. The Balaban J connectivity index is 1.46. The third-order valence-corrected chi connectivity index (χ3v) is 6.12. The zero-order valence-electron chi connectivity index (χ0n) is 19.9. The van der Waals surface area contributed by atoms with Crippen LogP contribution >= 0.6 is 0 Å². The summed E-state index contributed by atoms with van der Waals surface area (Å²) in [5, 5.41) is 11.4. The van der Waals surface area contributed by atoms with Crippen LogP contribution in [0.2, 0.25) is 0 Å². The smallest absolute Gasteiger partial charge is 0.115 e. The van der Waals surface area contributed by atoms with E-state index in [4.69, 9.17) is 18.9 Å². The second-order valence-corrected chi connectivity index (χ2v) is 8.75. The van der Waals surface area contributed by atoms with Crippen molar-refractivity contribution < 1.29 is 24.1 Å². The number of hydrogen-bond donors (Lipinski definition) is 1. The van der Waals surface area contributed by atoms with E-state index < -0.39 is 24.4 Å². The lowest BCUT2D eigenvalue weighted by Crippen LogP contribution is -2.60. The minimum Gasteiger partial charge on any atom is -0.387 e. The van der Waals surface area contributed by atoms with Crippen molar-refractivity contribution in [1.82, 2.24) is 0 Å². The van der Waals surface area contributed by atoms with Crippen molar-refractivity contribution >= 4 is 0 Å². The van der Waals surface area contributed by atoms with E-state index in [1.54, 1.807) is 6.08 Å². The first kappa shape index (κ1) is 25.3. The fourth-order valence-corrected chi connectivity index (χ4v) is 4.31. The lowest BCUT2D eigenvalue weighted by Gasteiger charge is -2.44. The number of rotatable bonds is 12. The van der Waals surface area contributed by atoms with Crippen LogP contribution in [0.3, 0.4) is 0 Å². The summed E-state index contributed by atoms with van der Waals surface area (Å²) in [4.78, 5) is 0. The van der Waals surface area contributed by atoms with Crippen molar-refractivity contribution in [2.75, 3.05) is 6.61 Å². The highest BCUT2D eigenvalue weighted by Crippen LogP contribution is 2.29. The van der Waals surface area contributed by atoms with Crippen LogP contribution in [0.4, 0.5) is 0 Å². The monoisotopic (exact) mass is 474 g/mol. The Labute approximate surface area is 207 Å². The average Bonchev–Trinajstić information content (AvgIpc) is 2.90. The second kappa shape index (κ2) is 13.3. The van der Waals surface area contributed by atoms with Gasteiger partial charge in [-0.25, -0.2) is 0 Å². The quantitative estimate of drug-likeness (QED) is 0.371. The zero-order chi connectivity index (χ0) is 24.3. The van der Waals surface area contributed by atoms with Gasteiger partial charge >= 0.3 is 0 Å². The van der Waals surface area contributed by atoms with Crippen molar-refractivity contribution in [3.63, 3.8) is 0 Å². The number of hydrogen-bond acceptors (Lipinski definition) is 5. The third-order valence-electron chi connectivity index (χ3n) is 6.12. The predicted octanol–water partition coefficient (Wildman–Crippen LogP) is 5.08. The topological polar surface area (TPSA) is 57.2 Å². The molecule has 4 rings (SSSR count). The molecule has 5 heteroatoms. The molecule has 1 heterocycles. The molecule has 184 valence electrons. The Morgan fingerprint density at radius 3 is 1.63 bits per heavy atom. The molecular weight excluding hydrogens is 440 g/mol. The molecule has 3 aromatic rings. The third kappa shape index (κ3) is 7.34. The molecule has 1 aliphatic heterocycles. The van der Waals surface area contributed by atoms with E-state index in [0.717, 1.165) is 16.7 Å². The highest BCUT2D eigenvalue weighted by atomic mass is 16.6. The van der Waals surface area contributed by atoms with Crippen molar-refractivity contribution in [2.45, 2.75) is 56.8 Å². The maximum atomic E-state index is 11.4. The summed E-state index contributed by atoms with van der Waals surface area (Å²) in [7, 11) is 0. The van der Waals surface area contributed by atoms with Crippen molar-refractivity contribution in [3.05, 3.63) is 120 Å². The maximum absolute atomic E-state index is 11.4. The Bertz CT molecular complexity index is 993. The average molecular weight is 475 g/mol. The lowest BCUT2D eigenvalue weighted by atomic mass is 9.93. The van der Waals surface area contributed by atoms with E-state index in [9.17, 15) is 5.11 Å². The van der Waals surface area contributed by atoms with Crippen molar-refractivity contribution in [2.24, 2.45) is 0 Å². The largest absolute Gasteiger partial charge is 0.387 e. The van der Waals surface area contributed by atoms with Gasteiger partial charge in [0, 0.05) is 0 Å². The first-order valence-corrected chi connectivity index (χ1v) is 12.1. The number of aliphatic hydroxyl groups is 1. The molecule has 0 unspecified atom stereocenters. The van der Waals surface area contributed by atoms with Crippen LogP contribution in [-0.2, 0) is 38.8 Å². The van der Waals surface area contributed by atoms with Gasteiger partial charge in [-0.05, 0) is 23.1 Å². The summed E-state index contributed by atoms with van der Waals surface area (Å²) in [6.07, 6.45) is -0.494. The van der Waals surface area contributed by atoms with Gasteiger partial charge in [0.15, 0.2) is 0 Å². The normalized spacial score (nSPS) is 24.2. The Morgan fingerprint density at radius 1 is 0.686 bits per heavy atom. The molecule has 0 spiro atoms. The minimum absolute atomic E-state index is 0.296. The Hall–Kier alpha value is -2.80. The van der Waals surface area contributed by atoms with Crippen molar-refractivity contribution in [1.29, 1.82) is 0 Å². The molecule has 1 aliphatic rings. The molecular formula is C30H34O5.